The summed E-state index contributed by atoms with van der Waals surface area (Å²) < 4.78 is 26.1. The average Bonchev–Trinajstić information content (AvgIpc) is 2.26. The lowest BCUT2D eigenvalue weighted by Gasteiger charge is -2.05. The predicted octanol–water partition coefficient (Wildman–Crippen LogP) is 2.17. The van der Waals surface area contributed by atoms with E-state index >= 15 is 0 Å². The zero-order chi connectivity index (χ0) is 12.1. The van der Waals surface area contributed by atoms with Gasteiger partial charge < -0.3 is 10.0 Å². The van der Waals surface area contributed by atoms with Crippen molar-refractivity contribution in [2.75, 3.05) is 7.11 Å². The number of oxime groups is 2. The Morgan fingerprint density at radius 2 is 2.06 bits per heavy atom. The van der Waals surface area contributed by atoms with Crippen LogP contribution in [0.15, 0.2) is 28.5 Å². The van der Waals surface area contributed by atoms with Crippen LogP contribution in [0.2, 0.25) is 0 Å². The van der Waals surface area contributed by atoms with Crippen LogP contribution < -0.4 is 0 Å². The fraction of sp³-hybridized carbons (Fsp3) is 0.200. The van der Waals surface area contributed by atoms with E-state index in [2.05, 4.69) is 15.1 Å². The van der Waals surface area contributed by atoms with E-state index < -0.39 is 11.6 Å². The van der Waals surface area contributed by atoms with Gasteiger partial charge in [0.2, 0.25) is 0 Å². The van der Waals surface area contributed by atoms with E-state index in [4.69, 9.17) is 5.21 Å². The van der Waals surface area contributed by atoms with Gasteiger partial charge in [0.1, 0.15) is 30.2 Å². The molecule has 16 heavy (non-hydrogen) atoms. The van der Waals surface area contributed by atoms with E-state index in [1.54, 1.807) is 0 Å². The molecule has 0 aliphatic carbocycles. The second-order valence-corrected chi connectivity index (χ2v) is 2.93. The van der Waals surface area contributed by atoms with Gasteiger partial charge in [-0.05, 0) is 19.1 Å². The molecule has 1 aromatic rings. The van der Waals surface area contributed by atoms with Crippen LogP contribution in [0, 0.1) is 11.6 Å². The fourth-order valence-corrected chi connectivity index (χ4v) is 1.13. The normalized spacial score (nSPS) is 12.8. The smallest absolute Gasteiger partial charge is 0.137 e. The molecule has 0 aliphatic heterocycles. The van der Waals surface area contributed by atoms with Gasteiger partial charge in [-0.15, -0.1) is 0 Å². The molecule has 1 aromatic carbocycles. The standard InChI is InChI=1S/C10H10F2N2O2/c1-6(13-15)10(14-16-2)8-4-3-7(11)5-9(8)12/h3-5,15H,1-2H3. The lowest BCUT2D eigenvalue weighted by molar-refractivity contribution is 0.214. The minimum atomic E-state index is -0.807. The van der Waals surface area contributed by atoms with Gasteiger partial charge in [-0.3, -0.25) is 0 Å². The zero-order valence-corrected chi connectivity index (χ0v) is 8.74. The molecule has 1 rings (SSSR count). The van der Waals surface area contributed by atoms with Crippen molar-refractivity contribution in [1.29, 1.82) is 0 Å². The molecule has 0 spiro atoms. The van der Waals surface area contributed by atoms with Crippen LogP contribution >= 0.6 is 0 Å². The Hall–Kier alpha value is -1.98. The average molecular weight is 228 g/mol. The van der Waals surface area contributed by atoms with Crippen LogP contribution in [-0.4, -0.2) is 23.7 Å². The summed E-state index contributed by atoms with van der Waals surface area (Å²) in [7, 11) is 1.27. The van der Waals surface area contributed by atoms with Gasteiger partial charge in [0, 0.05) is 11.6 Å². The van der Waals surface area contributed by atoms with Gasteiger partial charge in [0.05, 0.1) is 0 Å². The summed E-state index contributed by atoms with van der Waals surface area (Å²) in [6.45, 7) is 1.42. The van der Waals surface area contributed by atoms with E-state index in [-0.39, 0.29) is 17.0 Å². The number of nitrogens with zero attached hydrogens (tertiary/aromatic N) is 2. The highest BCUT2D eigenvalue weighted by Gasteiger charge is 2.14. The third-order valence-corrected chi connectivity index (χ3v) is 1.86. The van der Waals surface area contributed by atoms with Gasteiger partial charge >= 0.3 is 0 Å². The molecule has 0 radical (unpaired) electrons. The summed E-state index contributed by atoms with van der Waals surface area (Å²) in [5, 5.41) is 15.0. The molecular formula is C10H10F2N2O2. The van der Waals surface area contributed by atoms with Crippen LogP contribution in [0.4, 0.5) is 8.78 Å². The molecule has 0 aromatic heterocycles. The van der Waals surface area contributed by atoms with Crippen molar-refractivity contribution in [1.82, 2.24) is 0 Å². The summed E-state index contributed by atoms with van der Waals surface area (Å²) in [6, 6.07) is 2.98. The molecule has 0 amide bonds. The van der Waals surface area contributed by atoms with E-state index in [9.17, 15) is 8.78 Å². The first kappa shape index (κ1) is 12.1. The molecule has 1 N–H and O–H groups in total. The van der Waals surface area contributed by atoms with Crippen LogP contribution in [0.3, 0.4) is 0 Å². The van der Waals surface area contributed by atoms with E-state index in [0.29, 0.717) is 6.07 Å². The number of benzene rings is 1. The summed E-state index contributed by atoms with van der Waals surface area (Å²) in [4.78, 5) is 4.50. The molecule has 0 fully saturated rings. The molecule has 86 valence electrons. The SMILES string of the molecule is CON=C(C(C)=NO)c1ccc(F)cc1F. The van der Waals surface area contributed by atoms with Crippen molar-refractivity contribution in [2.45, 2.75) is 6.92 Å². The first-order valence-electron chi connectivity index (χ1n) is 4.35. The molecule has 0 saturated carbocycles. The highest BCUT2D eigenvalue weighted by molar-refractivity contribution is 6.47. The highest BCUT2D eigenvalue weighted by atomic mass is 19.1. The third kappa shape index (κ3) is 2.53. The van der Waals surface area contributed by atoms with Gasteiger partial charge in [-0.1, -0.05) is 10.3 Å². The maximum absolute atomic E-state index is 13.4. The summed E-state index contributed by atoms with van der Waals surface area (Å²) in [5.74, 6) is -1.50. The van der Waals surface area contributed by atoms with Crippen molar-refractivity contribution in [3.05, 3.63) is 35.4 Å². The number of halogens is 2. The lowest BCUT2D eigenvalue weighted by Crippen LogP contribution is -2.14. The first-order chi connectivity index (χ1) is 7.60. The van der Waals surface area contributed by atoms with Crippen molar-refractivity contribution < 1.29 is 18.8 Å². The van der Waals surface area contributed by atoms with Crippen LogP contribution in [0.25, 0.3) is 0 Å². The van der Waals surface area contributed by atoms with Crippen molar-refractivity contribution >= 4 is 11.4 Å². The van der Waals surface area contributed by atoms with Gasteiger partial charge in [-0.25, -0.2) is 8.78 Å². The highest BCUT2D eigenvalue weighted by Crippen LogP contribution is 2.12. The summed E-state index contributed by atoms with van der Waals surface area (Å²) >= 11 is 0. The van der Waals surface area contributed by atoms with Crippen molar-refractivity contribution in [3.63, 3.8) is 0 Å². The summed E-state index contributed by atoms with van der Waals surface area (Å²) in [5.41, 5.74) is 0.0633. The Morgan fingerprint density at radius 1 is 1.38 bits per heavy atom. The molecule has 0 unspecified atom stereocenters. The second-order valence-electron chi connectivity index (χ2n) is 2.93. The Kier molecular flexibility index (Phi) is 3.93. The lowest BCUT2D eigenvalue weighted by atomic mass is 10.1. The Labute approximate surface area is 90.8 Å². The molecule has 0 bridgehead atoms. The van der Waals surface area contributed by atoms with Gasteiger partial charge in [0.15, 0.2) is 0 Å². The van der Waals surface area contributed by atoms with E-state index in [1.165, 1.54) is 20.1 Å². The fourth-order valence-electron chi connectivity index (χ4n) is 1.13. The maximum atomic E-state index is 13.4. The number of hydrogen-bond acceptors (Lipinski definition) is 4. The van der Waals surface area contributed by atoms with Crippen LogP contribution in [0.5, 0.6) is 0 Å². The minimum absolute atomic E-state index is 0.00134. The third-order valence-electron chi connectivity index (χ3n) is 1.86. The van der Waals surface area contributed by atoms with E-state index in [1.807, 2.05) is 0 Å². The van der Waals surface area contributed by atoms with Crippen LogP contribution in [-0.2, 0) is 4.84 Å². The quantitative estimate of drug-likeness (QED) is 0.489. The zero-order valence-electron chi connectivity index (χ0n) is 8.74. The summed E-state index contributed by atoms with van der Waals surface area (Å²) in [6.07, 6.45) is 0. The molecule has 0 heterocycles. The Balaban J connectivity index is 3.28. The largest absolute Gasteiger partial charge is 0.411 e. The van der Waals surface area contributed by atoms with Gasteiger partial charge in [0.25, 0.3) is 0 Å². The second kappa shape index (κ2) is 5.20. The molecule has 6 heteroatoms. The minimum Gasteiger partial charge on any atom is -0.411 e. The topological polar surface area (TPSA) is 54.2 Å². The van der Waals surface area contributed by atoms with Gasteiger partial charge in [-0.2, -0.15) is 0 Å². The maximum Gasteiger partial charge on any atom is 0.137 e. The van der Waals surface area contributed by atoms with Crippen molar-refractivity contribution in [3.8, 4) is 0 Å². The first-order valence-corrected chi connectivity index (χ1v) is 4.35. The number of hydrogen-bond donors (Lipinski definition) is 1. The van der Waals surface area contributed by atoms with E-state index in [0.717, 1.165) is 6.07 Å². The Morgan fingerprint density at radius 3 is 2.56 bits per heavy atom. The van der Waals surface area contributed by atoms with Crippen molar-refractivity contribution in [2.24, 2.45) is 10.3 Å². The molecule has 0 aliphatic rings. The molecule has 4 nitrogen and oxygen atoms in total. The van der Waals surface area contributed by atoms with Crippen LogP contribution in [0.1, 0.15) is 12.5 Å². The molecule has 0 atom stereocenters. The molecule has 0 saturated heterocycles. The predicted molar refractivity (Wildman–Crippen MR) is 54.8 cm³/mol. The monoisotopic (exact) mass is 228 g/mol. The molecular weight excluding hydrogens is 218 g/mol. The Bertz CT molecular complexity index is 444. The number of rotatable bonds is 3.